The van der Waals surface area contributed by atoms with Crippen molar-refractivity contribution in [3.05, 3.63) is 46.8 Å². The third-order valence-electron chi connectivity index (χ3n) is 2.53. The van der Waals surface area contributed by atoms with Gasteiger partial charge in [-0.1, -0.05) is 35.4 Å². The van der Waals surface area contributed by atoms with Crippen LogP contribution in [0.1, 0.15) is 18.9 Å². The van der Waals surface area contributed by atoms with Crippen LogP contribution in [0.15, 0.2) is 35.4 Å². The number of benzene rings is 1. The number of carboxylic acids is 1. The van der Waals surface area contributed by atoms with Crippen LogP contribution >= 0.6 is 11.6 Å². The molecule has 0 saturated carbocycles. The van der Waals surface area contributed by atoms with Crippen LogP contribution in [0.25, 0.3) is 0 Å². The van der Waals surface area contributed by atoms with Gasteiger partial charge in [0.1, 0.15) is 5.82 Å². The minimum absolute atomic E-state index is 0.171. The molecular formula is C13H14ClFO2. The second kappa shape index (κ2) is 6.40. The molecule has 1 unspecified atom stereocenters. The normalized spacial score (nSPS) is 13.5. The summed E-state index contributed by atoms with van der Waals surface area (Å²) in [5, 5.41) is 9.08. The third-order valence-corrected chi connectivity index (χ3v) is 2.90. The van der Waals surface area contributed by atoms with Crippen LogP contribution in [0.2, 0.25) is 0 Å². The van der Waals surface area contributed by atoms with Crippen LogP contribution in [0.4, 0.5) is 4.39 Å². The second-order valence-electron chi connectivity index (χ2n) is 3.99. The number of hydrogen-bond donors (Lipinski definition) is 1. The van der Waals surface area contributed by atoms with E-state index in [4.69, 9.17) is 16.7 Å². The van der Waals surface area contributed by atoms with Crippen molar-refractivity contribution < 1.29 is 14.3 Å². The van der Waals surface area contributed by atoms with Crippen molar-refractivity contribution in [2.45, 2.75) is 19.8 Å². The van der Waals surface area contributed by atoms with Gasteiger partial charge in [-0.25, -0.2) is 4.39 Å². The highest BCUT2D eigenvalue weighted by Crippen LogP contribution is 2.19. The Morgan fingerprint density at radius 2 is 2.18 bits per heavy atom. The maximum atomic E-state index is 13.4. The predicted molar refractivity (Wildman–Crippen MR) is 65.5 cm³/mol. The molecule has 0 aromatic heterocycles. The van der Waals surface area contributed by atoms with Crippen molar-refractivity contribution in [1.29, 1.82) is 0 Å². The van der Waals surface area contributed by atoms with E-state index in [1.165, 1.54) is 11.6 Å². The Kier molecular flexibility index (Phi) is 5.16. The minimum atomic E-state index is -0.939. The minimum Gasteiger partial charge on any atom is -0.481 e. The summed E-state index contributed by atoms with van der Waals surface area (Å²) in [5.41, 5.74) is 2.55. The van der Waals surface area contributed by atoms with E-state index < -0.39 is 11.9 Å². The molecule has 4 heteroatoms. The summed E-state index contributed by atoms with van der Waals surface area (Å²) in [7, 11) is 0. The second-order valence-corrected chi connectivity index (χ2v) is 4.21. The molecule has 0 amide bonds. The summed E-state index contributed by atoms with van der Waals surface area (Å²) in [6, 6.07) is 6.21. The summed E-state index contributed by atoms with van der Waals surface area (Å²) >= 11 is 5.51. The Morgan fingerprint density at radius 1 is 1.53 bits per heavy atom. The Balaban J connectivity index is 2.81. The third kappa shape index (κ3) is 4.19. The molecular weight excluding hydrogens is 243 g/mol. The number of allylic oxidation sites excluding steroid dienone is 1. The topological polar surface area (TPSA) is 37.3 Å². The number of carbonyl (C=O) groups is 1. The lowest BCUT2D eigenvalue weighted by atomic mass is 9.93. The van der Waals surface area contributed by atoms with Gasteiger partial charge in [0, 0.05) is 5.54 Å². The first-order valence-electron chi connectivity index (χ1n) is 5.26. The first-order chi connectivity index (χ1) is 8.04. The molecule has 0 aliphatic rings. The van der Waals surface area contributed by atoms with Crippen LogP contribution in [0, 0.1) is 11.7 Å². The fraction of sp³-hybridized carbons (Fsp3) is 0.308. The van der Waals surface area contributed by atoms with E-state index in [0.717, 1.165) is 5.57 Å². The van der Waals surface area contributed by atoms with Gasteiger partial charge >= 0.3 is 5.97 Å². The summed E-state index contributed by atoms with van der Waals surface area (Å²) in [6.07, 6.45) is 0.497. The molecule has 1 aromatic rings. The molecule has 92 valence electrons. The van der Waals surface area contributed by atoms with E-state index in [0.29, 0.717) is 12.0 Å². The predicted octanol–water partition coefficient (Wildman–Crippen LogP) is 3.60. The van der Waals surface area contributed by atoms with Crippen LogP contribution < -0.4 is 0 Å². The highest BCUT2D eigenvalue weighted by atomic mass is 35.5. The molecule has 1 atom stereocenters. The highest BCUT2D eigenvalue weighted by Gasteiger charge is 2.19. The molecule has 0 aliphatic heterocycles. The van der Waals surface area contributed by atoms with Crippen LogP contribution in [-0.4, -0.2) is 11.1 Å². The van der Waals surface area contributed by atoms with E-state index in [2.05, 4.69) is 0 Å². The Labute approximate surface area is 105 Å². The average molecular weight is 257 g/mol. The lowest BCUT2D eigenvalue weighted by Crippen LogP contribution is -2.17. The maximum absolute atomic E-state index is 13.4. The number of rotatable bonds is 5. The van der Waals surface area contributed by atoms with Gasteiger partial charge in [-0.2, -0.15) is 0 Å². The fourth-order valence-corrected chi connectivity index (χ4v) is 1.70. The maximum Gasteiger partial charge on any atom is 0.307 e. The quantitative estimate of drug-likeness (QED) is 0.874. The van der Waals surface area contributed by atoms with Gasteiger partial charge in [0.25, 0.3) is 0 Å². The van der Waals surface area contributed by atoms with Gasteiger partial charge in [0.2, 0.25) is 0 Å². The van der Waals surface area contributed by atoms with Crippen molar-refractivity contribution >= 4 is 17.6 Å². The smallest absolute Gasteiger partial charge is 0.307 e. The molecule has 1 N–H and O–H groups in total. The molecule has 0 radical (unpaired) electrons. The van der Waals surface area contributed by atoms with E-state index in [1.54, 1.807) is 25.1 Å². The Hall–Kier alpha value is -1.35. The van der Waals surface area contributed by atoms with Gasteiger partial charge in [0.05, 0.1) is 5.92 Å². The summed E-state index contributed by atoms with van der Waals surface area (Å²) in [4.78, 5) is 11.1. The van der Waals surface area contributed by atoms with Crippen molar-refractivity contribution in [2.75, 3.05) is 0 Å². The summed E-state index contributed by atoms with van der Waals surface area (Å²) < 4.78 is 13.4. The van der Waals surface area contributed by atoms with Crippen LogP contribution in [-0.2, 0) is 11.2 Å². The zero-order valence-electron chi connectivity index (χ0n) is 9.49. The molecule has 0 aliphatic carbocycles. The SMILES string of the molecule is C/C(=C/Cl)CC(Cc1ccccc1F)C(=O)O. The molecule has 17 heavy (non-hydrogen) atoms. The molecule has 1 aromatic carbocycles. The zero-order chi connectivity index (χ0) is 12.8. The molecule has 2 nitrogen and oxygen atoms in total. The Morgan fingerprint density at radius 3 is 2.71 bits per heavy atom. The summed E-state index contributed by atoms with van der Waals surface area (Å²) in [5.74, 6) is -1.96. The Bertz CT molecular complexity index is 429. The monoisotopic (exact) mass is 256 g/mol. The van der Waals surface area contributed by atoms with Crippen molar-refractivity contribution in [3.8, 4) is 0 Å². The number of halogens is 2. The van der Waals surface area contributed by atoms with Gasteiger partial charge in [-0.15, -0.1) is 0 Å². The van der Waals surface area contributed by atoms with Crippen LogP contribution in [0.5, 0.6) is 0 Å². The van der Waals surface area contributed by atoms with Gasteiger partial charge in [-0.05, 0) is 31.4 Å². The molecule has 0 bridgehead atoms. The fourth-order valence-electron chi connectivity index (χ4n) is 1.61. The number of hydrogen-bond acceptors (Lipinski definition) is 1. The van der Waals surface area contributed by atoms with Gasteiger partial charge < -0.3 is 5.11 Å². The molecule has 0 heterocycles. The lowest BCUT2D eigenvalue weighted by molar-refractivity contribution is -0.141. The number of aliphatic carboxylic acids is 1. The largest absolute Gasteiger partial charge is 0.481 e. The van der Waals surface area contributed by atoms with E-state index >= 15 is 0 Å². The lowest BCUT2D eigenvalue weighted by Gasteiger charge is -2.12. The average Bonchev–Trinajstić information content (AvgIpc) is 2.30. The van der Waals surface area contributed by atoms with Gasteiger partial charge in [-0.3, -0.25) is 4.79 Å². The van der Waals surface area contributed by atoms with E-state index in [1.807, 2.05) is 0 Å². The van der Waals surface area contributed by atoms with Crippen molar-refractivity contribution in [1.82, 2.24) is 0 Å². The van der Waals surface area contributed by atoms with E-state index in [-0.39, 0.29) is 12.2 Å². The molecule has 0 spiro atoms. The standard InChI is InChI=1S/C13H14ClFO2/c1-9(8-14)6-11(13(16)17)7-10-4-2-3-5-12(10)15/h2-5,8,11H,6-7H2,1H3,(H,16,17)/b9-8-. The van der Waals surface area contributed by atoms with Crippen molar-refractivity contribution in [2.24, 2.45) is 5.92 Å². The van der Waals surface area contributed by atoms with E-state index in [9.17, 15) is 9.18 Å². The van der Waals surface area contributed by atoms with Crippen molar-refractivity contribution in [3.63, 3.8) is 0 Å². The first kappa shape index (κ1) is 13.7. The molecule has 0 saturated heterocycles. The first-order valence-corrected chi connectivity index (χ1v) is 5.70. The molecule has 1 rings (SSSR count). The highest BCUT2D eigenvalue weighted by molar-refractivity contribution is 6.25. The number of carboxylic acid groups (broad SMARTS) is 1. The zero-order valence-corrected chi connectivity index (χ0v) is 10.2. The summed E-state index contributed by atoms with van der Waals surface area (Å²) in [6.45, 7) is 1.75. The molecule has 0 fully saturated rings. The van der Waals surface area contributed by atoms with Crippen LogP contribution in [0.3, 0.4) is 0 Å². The van der Waals surface area contributed by atoms with Gasteiger partial charge in [0.15, 0.2) is 0 Å².